The molecular formula is C14H18F3NO2. The fraction of sp³-hybridized carbons (Fsp3) is 0.571. The van der Waals surface area contributed by atoms with Crippen LogP contribution in [0.3, 0.4) is 0 Å². The Hall–Kier alpha value is -1.43. The third kappa shape index (κ3) is 4.30. The average molecular weight is 289 g/mol. The summed E-state index contributed by atoms with van der Waals surface area (Å²) in [4.78, 5) is 0. The van der Waals surface area contributed by atoms with Gasteiger partial charge in [-0.1, -0.05) is 12.8 Å². The summed E-state index contributed by atoms with van der Waals surface area (Å²) in [7, 11) is 1.69. The summed E-state index contributed by atoms with van der Waals surface area (Å²) in [6.07, 6.45) is -0.223. The maximum atomic E-state index is 12.1. The van der Waals surface area contributed by atoms with Gasteiger partial charge in [0, 0.05) is 12.8 Å². The van der Waals surface area contributed by atoms with Gasteiger partial charge < -0.3 is 14.8 Å². The maximum Gasteiger partial charge on any atom is 0.573 e. The molecule has 6 heteroatoms. The van der Waals surface area contributed by atoms with Crippen molar-refractivity contribution in [1.82, 2.24) is 0 Å². The fourth-order valence-electron chi connectivity index (χ4n) is 2.51. The maximum absolute atomic E-state index is 12.1. The second-order valence-corrected chi connectivity index (χ2v) is 4.88. The topological polar surface area (TPSA) is 30.5 Å². The molecule has 1 aliphatic rings. The van der Waals surface area contributed by atoms with Crippen molar-refractivity contribution in [2.45, 2.75) is 44.2 Å². The molecule has 0 amide bonds. The van der Waals surface area contributed by atoms with E-state index >= 15 is 0 Å². The standard InChI is InChI=1S/C14H18F3NO2/c1-19-13-5-3-2-4-12(13)18-10-6-8-11(9-7-10)20-14(15,16)17/h6-9,12-13,18H,2-5H2,1H3. The molecule has 2 rings (SSSR count). The van der Waals surface area contributed by atoms with E-state index < -0.39 is 6.36 Å². The van der Waals surface area contributed by atoms with E-state index in [1.165, 1.54) is 12.1 Å². The molecule has 112 valence electrons. The van der Waals surface area contributed by atoms with Crippen LogP contribution < -0.4 is 10.1 Å². The van der Waals surface area contributed by atoms with Crippen LogP contribution in [0.5, 0.6) is 5.75 Å². The Morgan fingerprint density at radius 3 is 2.35 bits per heavy atom. The number of hydrogen-bond acceptors (Lipinski definition) is 3. The van der Waals surface area contributed by atoms with E-state index in [2.05, 4.69) is 10.1 Å². The predicted molar refractivity (Wildman–Crippen MR) is 69.8 cm³/mol. The molecule has 1 saturated carbocycles. The van der Waals surface area contributed by atoms with Crippen LogP contribution in [0, 0.1) is 0 Å². The number of alkyl halides is 3. The number of halogens is 3. The molecule has 1 aromatic carbocycles. The highest BCUT2D eigenvalue weighted by Gasteiger charge is 2.31. The normalized spacial score (nSPS) is 23.4. The molecule has 0 radical (unpaired) electrons. The van der Waals surface area contributed by atoms with Crippen molar-refractivity contribution in [1.29, 1.82) is 0 Å². The number of benzene rings is 1. The summed E-state index contributed by atoms with van der Waals surface area (Å²) in [6, 6.07) is 5.98. The lowest BCUT2D eigenvalue weighted by Crippen LogP contribution is -2.37. The number of nitrogens with one attached hydrogen (secondary N) is 1. The van der Waals surface area contributed by atoms with E-state index in [1.54, 1.807) is 19.2 Å². The van der Waals surface area contributed by atoms with Gasteiger partial charge in [-0.2, -0.15) is 0 Å². The Labute approximate surface area is 116 Å². The van der Waals surface area contributed by atoms with E-state index in [9.17, 15) is 13.2 Å². The molecule has 1 aliphatic carbocycles. The van der Waals surface area contributed by atoms with Gasteiger partial charge in [-0.3, -0.25) is 0 Å². The van der Waals surface area contributed by atoms with Crippen LogP contribution in [-0.4, -0.2) is 25.6 Å². The van der Waals surface area contributed by atoms with Crippen LogP contribution in [0.2, 0.25) is 0 Å². The van der Waals surface area contributed by atoms with E-state index in [0.29, 0.717) is 0 Å². The molecule has 1 N–H and O–H groups in total. The molecule has 0 heterocycles. The zero-order valence-electron chi connectivity index (χ0n) is 11.2. The molecule has 0 bridgehead atoms. The molecule has 3 nitrogen and oxygen atoms in total. The van der Waals surface area contributed by atoms with Gasteiger partial charge in [-0.05, 0) is 37.1 Å². The number of hydrogen-bond donors (Lipinski definition) is 1. The molecule has 0 saturated heterocycles. The highest BCUT2D eigenvalue weighted by molar-refractivity contribution is 5.47. The van der Waals surface area contributed by atoms with Crippen LogP contribution >= 0.6 is 0 Å². The van der Waals surface area contributed by atoms with Crippen molar-refractivity contribution < 1.29 is 22.6 Å². The largest absolute Gasteiger partial charge is 0.573 e. The van der Waals surface area contributed by atoms with Gasteiger partial charge in [0.05, 0.1) is 12.1 Å². The second-order valence-electron chi connectivity index (χ2n) is 4.88. The number of rotatable bonds is 4. The first-order valence-corrected chi connectivity index (χ1v) is 6.63. The molecule has 1 fully saturated rings. The zero-order valence-corrected chi connectivity index (χ0v) is 11.2. The van der Waals surface area contributed by atoms with Crippen molar-refractivity contribution in [3.8, 4) is 5.75 Å². The number of methoxy groups -OCH3 is 1. The van der Waals surface area contributed by atoms with Gasteiger partial charge in [0.25, 0.3) is 0 Å². The molecule has 0 aromatic heterocycles. The van der Waals surface area contributed by atoms with Crippen molar-refractivity contribution >= 4 is 5.69 Å². The average Bonchev–Trinajstić information content (AvgIpc) is 2.40. The number of anilines is 1. The van der Waals surface area contributed by atoms with Gasteiger partial charge >= 0.3 is 6.36 Å². The highest BCUT2D eigenvalue weighted by atomic mass is 19.4. The summed E-state index contributed by atoms with van der Waals surface area (Å²) in [6.45, 7) is 0. The van der Waals surface area contributed by atoms with Gasteiger partial charge in [-0.25, -0.2) is 0 Å². The first kappa shape index (κ1) is 15.0. The first-order chi connectivity index (χ1) is 9.48. The minimum Gasteiger partial charge on any atom is -0.406 e. The van der Waals surface area contributed by atoms with Crippen molar-refractivity contribution in [3.05, 3.63) is 24.3 Å². The molecule has 1 aromatic rings. The van der Waals surface area contributed by atoms with E-state index in [4.69, 9.17) is 4.74 Å². The van der Waals surface area contributed by atoms with Crippen molar-refractivity contribution in [3.63, 3.8) is 0 Å². The Balaban J connectivity index is 1.96. The summed E-state index contributed by atoms with van der Waals surface area (Å²) in [5.41, 5.74) is 0.772. The first-order valence-electron chi connectivity index (χ1n) is 6.63. The monoisotopic (exact) mass is 289 g/mol. The molecule has 0 spiro atoms. The smallest absolute Gasteiger partial charge is 0.406 e. The molecular weight excluding hydrogens is 271 g/mol. The highest BCUT2D eigenvalue weighted by Crippen LogP contribution is 2.27. The van der Waals surface area contributed by atoms with E-state index in [1.807, 2.05) is 0 Å². The molecule has 20 heavy (non-hydrogen) atoms. The Morgan fingerprint density at radius 1 is 1.10 bits per heavy atom. The lowest BCUT2D eigenvalue weighted by atomic mass is 9.92. The molecule has 0 aliphatic heterocycles. The molecule has 2 unspecified atom stereocenters. The van der Waals surface area contributed by atoms with E-state index in [0.717, 1.165) is 31.4 Å². The predicted octanol–water partition coefficient (Wildman–Crippen LogP) is 3.95. The van der Waals surface area contributed by atoms with Crippen molar-refractivity contribution in [2.24, 2.45) is 0 Å². The van der Waals surface area contributed by atoms with Crippen LogP contribution in [0.1, 0.15) is 25.7 Å². The number of ether oxygens (including phenoxy) is 2. The van der Waals surface area contributed by atoms with E-state index in [-0.39, 0.29) is 17.9 Å². The minimum absolute atomic E-state index is 0.148. The van der Waals surface area contributed by atoms with Crippen LogP contribution in [-0.2, 0) is 4.74 Å². The Morgan fingerprint density at radius 2 is 1.75 bits per heavy atom. The Bertz CT molecular complexity index is 419. The van der Waals surface area contributed by atoms with Gasteiger partial charge in [-0.15, -0.1) is 13.2 Å². The second kappa shape index (κ2) is 6.35. The third-order valence-electron chi connectivity index (χ3n) is 3.45. The summed E-state index contributed by atoms with van der Waals surface area (Å²) in [5, 5.41) is 3.31. The van der Waals surface area contributed by atoms with Crippen LogP contribution in [0.25, 0.3) is 0 Å². The quantitative estimate of drug-likeness (QED) is 0.910. The van der Waals surface area contributed by atoms with Gasteiger partial charge in [0.2, 0.25) is 0 Å². The van der Waals surface area contributed by atoms with Crippen LogP contribution in [0.4, 0.5) is 18.9 Å². The third-order valence-corrected chi connectivity index (χ3v) is 3.45. The minimum atomic E-state index is -4.65. The molecule has 2 atom stereocenters. The summed E-state index contributed by atoms with van der Waals surface area (Å²) in [5.74, 6) is -0.213. The summed E-state index contributed by atoms with van der Waals surface area (Å²) < 4.78 is 45.4. The van der Waals surface area contributed by atoms with Gasteiger partial charge in [0.1, 0.15) is 5.75 Å². The SMILES string of the molecule is COC1CCCCC1Nc1ccc(OC(F)(F)F)cc1. The fourth-order valence-corrected chi connectivity index (χ4v) is 2.51. The lowest BCUT2D eigenvalue weighted by molar-refractivity contribution is -0.274. The van der Waals surface area contributed by atoms with Gasteiger partial charge in [0.15, 0.2) is 0 Å². The lowest BCUT2D eigenvalue weighted by Gasteiger charge is -2.31. The van der Waals surface area contributed by atoms with Crippen molar-refractivity contribution in [2.75, 3.05) is 12.4 Å². The van der Waals surface area contributed by atoms with Crippen LogP contribution in [0.15, 0.2) is 24.3 Å². The Kier molecular flexibility index (Phi) is 4.75. The summed E-state index contributed by atoms with van der Waals surface area (Å²) >= 11 is 0. The zero-order chi connectivity index (χ0) is 14.6.